The first-order chi connectivity index (χ1) is 14.8. The van der Waals surface area contributed by atoms with E-state index in [0.717, 1.165) is 24.9 Å². The molecule has 0 bridgehead atoms. The summed E-state index contributed by atoms with van der Waals surface area (Å²) in [7, 11) is -3.99. The highest BCUT2D eigenvalue weighted by Crippen LogP contribution is 2.26. The molecule has 0 fully saturated rings. The molecule has 9 nitrogen and oxygen atoms in total. The summed E-state index contributed by atoms with van der Waals surface area (Å²) in [5.41, 5.74) is 2.06. The minimum atomic E-state index is -3.99. The lowest BCUT2D eigenvalue weighted by Crippen LogP contribution is -2.32. The number of ether oxygens (including phenoxy) is 1. The standard InChI is InChI=1S/C21H24N2O7S/c24-20(25)5-2-1-3-10-23-11-8-16(9-12-23)21-22-18-7-6-17(15-19(18)30-21)29-13-4-14-31(26,27)28/h6-9,11-12,15H,1-5,10,13-14H2,(H-,24,25,26,27,28)/p+1. The molecule has 2 heterocycles. The van der Waals surface area contributed by atoms with Crippen molar-refractivity contribution in [3.63, 3.8) is 0 Å². The first-order valence-electron chi connectivity index (χ1n) is 10.00. The third-order valence-corrected chi connectivity index (χ3v) is 5.42. The molecule has 2 N–H and O–H groups in total. The molecule has 2 aromatic heterocycles. The van der Waals surface area contributed by atoms with Crippen molar-refractivity contribution in [2.24, 2.45) is 0 Å². The van der Waals surface area contributed by atoms with Gasteiger partial charge in [-0.1, -0.05) is 0 Å². The van der Waals surface area contributed by atoms with E-state index in [1.54, 1.807) is 18.2 Å². The fourth-order valence-corrected chi connectivity index (χ4v) is 3.53. The number of nitrogens with zero attached hydrogens (tertiary/aromatic N) is 2. The van der Waals surface area contributed by atoms with Crippen LogP contribution in [0.2, 0.25) is 0 Å². The lowest BCUT2D eigenvalue weighted by atomic mass is 10.2. The van der Waals surface area contributed by atoms with Crippen LogP contribution in [0.5, 0.6) is 5.75 Å². The number of aromatic nitrogens is 2. The molecular formula is C21H25N2O7S+. The number of aliphatic carboxylic acids is 1. The van der Waals surface area contributed by atoms with Crippen LogP contribution in [0.4, 0.5) is 0 Å². The van der Waals surface area contributed by atoms with Crippen LogP contribution in [0.1, 0.15) is 32.1 Å². The van der Waals surface area contributed by atoms with Crippen LogP contribution in [0.25, 0.3) is 22.6 Å². The summed E-state index contributed by atoms with van der Waals surface area (Å²) < 4.78 is 43.6. The van der Waals surface area contributed by atoms with Gasteiger partial charge >= 0.3 is 5.97 Å². The number of unbranched alkanes of at least 4 members (excludes halogenated alkanes) is 2. The Morgan fingerprint density at radius 2 is 1.87 bits per heavy atom. The van der Waals surface area contributed by atoms with E-state index >= 15 is 0 Å². The number of rotatable bonds is 12. The Morgan fingerprint density at radius 1 is 1.10 bits per heavy atom. The predicted octanol–water partition coefficient (Wildman–Crippen LogP) is 3.08. The number of carboxylic acids is 1. The molecule has 0 radical (unpaired) electrons. The van der Waals surface area contributed by atoms with Crippen molar-refractivity contribution in [2.75, 3.05) is 12.4 Å². The molecule has 1 aromatic carbocycles. The van der Waals surface area contributed by atoms with Gasteiger partial charge in [0.05, 0.1) is 12.4 Å². The third-order valence-electron chi connectivity index (χ3n) is 4.62. The van der Waals surface area contributed by atoms with Crippen LogP contribution in [-0.2, 0) is 21.5 Å². The average Bonchev–Trinajstić information content (AvgIpc) is 3.14. The zero-order chi connectivity index (χ0) is 22.3. The Kier molecular flexibility index (Phi) is 7.59. The number of pyridine rings is 1. The summed E-state index contributed by atoms with van der Waals surface area (Å²) in [6.07, 6.45) is 6.72. The minimum Gasteiger partial charge on any atom is -0.493 e. The zero-order valence-electron chi connectivity index (χ0n) is 16.9. The van der Waals surface area contributed by atoms with E-state index in [1.165, 1.54) is 0 Å². The number of hydrogen-bond acceptors (Lipinski definition) is 6. The first kappa shape index (κ1) is 22.7. The Balaban J connectivity index is 1.56. The van der Waals surface area contributed by atoms with Crippen LogP contribution in [0, 0.1) is 0 Å². The molecule has 0 amide bonds. The van der Waals surface area contributed by atoms with Gasteiger partial charge in [-0.3, -0.25) is 9.35 Å². The number of oxazole rings is 1. The Labute approximate surface area is 180 Å². The van der Waals surface area contributed by atoms with Gasteiger partial charge in [0, 0.05) is 36.6 Å². The SMILES string of the molecule is O=C(O)CCCCC[n+]1ccc(-c2nc3ccc(OCCCS(=O)(=O)O)cc3o2)cc1. The fourth-order valence-electron chi connectivity index (χ4n) is 3.05. The van der Waals surface area contributed by atoms with Gasteiger partial charge in [0.15, 0.2) is 18.0 Å². The van der Waals surface area contributed by atoms with Crippen molar-refractivity contribution in [2.45, 2.75) is 38.6 Å². The van der Waals surface area contributed by atoms with E-state index in [4.69, 9.17) is 18.8 Å². The molecule has 0 spiro atoms. The molecule has 166 valence electrons. The molecule has 0 aliphatic carbocycles. The van der Waals surface area contributed by atoms with Crippen molar-refractivity contribution in [1.29, 1.82) is 0 Å². The van der Waals surface area contributed by atoms with Gasteiger partial charge in [0.2, 0.25) is 5.89 Å². The lowest BCUT2D eigenvalue weighted by Gasteiger charge is -2.04. The molecule has 0 aliphatic rings. The van der Waals surface area contributed by atoms with Crippen LogP contribution < -0.4 is 9.30 Å². The topological polar surface area (TPSA) is 131 Å². The number of carboxylic acid groups (broad SMARTS) is 1. The van der Waals surface area contributed by atoms with Gasteiger partial charge in [-0.2, -0.15) is 8.42 Å². The number of fused-ring (bicyclic) bond motifs is 1. The largest absolute Gasteiger partial charge is 0.493 e. The van der Waals surface area contributed by atoms with E-state index in [9.17, 15) is 13.2 Å². The molecule has 3 aromatic rings. The number of aryl methyl sites for hydroxylation is 1. The van der Waals surface area contributed by atoms with Gasteiger partial charge in [0.25, 0.3) is 10.1 Å². The normalized spacial score (nSPS) is 11.6. The summed E-state index contributed by atoms with van der Waals surface area (Å²) in [5, 5.41) is 8.66. The predicted molar refractivity (Wildman–Crippen MR) is 112 cm³/mol. The van der Waals surface area contributed by atoms with E-state index < -0.39 is 16.1 Å². The van der Waals surface area contributed by atoms with Gasteiger partial charge < -0.3 is 14.3 Å². The number of carbonyl (C=O) groups is 1. The van der Waals surface area contributed by atoms with E-state index in [1.807, 2.05) is 29.1 Å². The first-order valence-corrected chi connectivity index (χ1v) is 11.6. The maximum atomic E-state index is 10.7. The average molecular weight is 450 g/mol. The maximum absolute atomic E-state index is 10.7. The second-order valence-electron chi connectivity index (χ2n) is 7.17. The Hall–Kier alpha value is -2.98. The summed E-state index contributed by atoms with van der Waals surface area (Å²) in [4.78, 5) is 15.0. The third kappa shape index (κ3) is 7.34. The number of benzene rings is 1. The maximum Gasteiger partial charge on any atom is 0.303 e. The highest BCUT2D eigenvalue weighted by Gasteiger charge is 2.12. The van der Waals surface area contributed by atoms with Gasteiger partial charge in [-0.05, 0) is 31.4 Å². The van der Waals surface area contributed by atoms with Crippen molar-refractivity contribution < 1.29 is 36.6 Å². The molecule has 10 heteroatoms. The quantitative estimate of drug-likeness (QED) is 0.245. The van der Waals surface area contributed by atoms with Crippen LogP contribution in [0.15, 0.2) is 47.1 Å². The molecule has 0 saturated carbocycles. The van der Waals surface area contributed by atoms with Crippen LogP contribution >= 0.6 is 0 Å². The van der Waals surface area contributed by atoms with Crippen LogP contribution in [0.3, 0.4) is 0 Å². The molecule has 3 rings (SSSR count). The molecular weight excluding hydrogens is 424 g/mol. The second kappa shape index (κ2) is 10.4. The van der Waals surface area contributed by atoms with E-state index in [-0.39, 0.29) is 25.2 Å². The molecule has 0 aliphatic heterocycles. The summed E-state index contributed by atoms with van der Waals surface area (Å²) in [5.74, 6) is -0.101. The summed E-state index contributed by atoms with van der Waals surface area (Å²) in [6, 6.07) is 9.01. The van der Waals surface area contributed by atoms with E-state index in [2.05, 4.69) is 4.98 Å². The Morgan fingerprint density at radius 3 is 2.58 bits per heavy atom. The fraction of sp³-hybridized carbons (Fsp3) is 0.381. The second-order valence-corrected chi connectivity index (χ2v) is 8.74. The highest BCUT2D eigenvalue weighted by atomic mass is 32.2. The highest BCUT2D eigenvalue weighted by molar-refractivity contribution is 7.85. The van der Waals surface area contributed by atoms with Crippen molar-refractivity contribution in [3.05, 3.63) is 42.7 Å². The summed E-state index contributed by atoms with van der Waals surface area (Å²) in [6.45, 7) is 0.965. The van der Waals surface area contributed by atoms with Crippen LogP contribution in [-0.4, -0.2) is 41.4 Å². The summed E-state index contributed by atoms with van der Waals surface area (Å²) >= 11 is 0. The lowest BCUT2D eigenvalue weighted by molar-refractivity contribution is -0.697. The number of hydrogen-bond donors (Lipinski definition) is 2. The Bertz CT molecular complexity index is 1120. The molecule has 0 unspecified atom stereocenters. The van der Waals surface area contributed by atoms with E-state index in [0.29, 0.717) is 29.2 Å². The van der Waals surface area contributed by atoms with Crippen molar-refractivity contribution >= 4 is 27.2 Å². The zero-order valence-corrected chi connectivity index (χ0v) is 17.8. The molecule has 0 saturated heterocycles. The monoisotopic (exact) mass is 449 g/mol. The molecule has 31 heavy (non-hydrogen) atoms. The minimum absolute atomic E-state index is 0.154. The van der Waals surface area contributed by atoms with Gasteiger partial charge in [-0.15, -0.1) is 0 Å². The molecule has 0 atom stereocenters. The van der Waals surface area contributed by atoms with Gasteiger partial charge in [0.1, 0.15) is 17.8 Å². The van der Waals surface area contributed by atoms with Gasteiger partial charge in [-0.25, -0.2) is 9.55 Å². The smallest absolute Gasteiger partial charge is 0.303 e. The van der Waals surface area contributed by atoms with Crippen molar-refractivity contribution in [1.82, 2.24) is 4.98 Å². The van der Waals surface area contributed by atoms with Crippen molar-refractivity contribution in [3.8, 4) is 17.2 Å².